The molecule has 1 rings (SSSR count). The zero-order valence-corrected chi connectivity index (χ0v) is 11.1. The summed E-state index contributed by atoms with van der Waals surface area (Å²) >= 11 is 0. The van der Waals surface area contributed by atoms with Gasteiger partial charge in [-0.05, 0) is 13.0 Å². The lowest BCUT2D eigenvalue weighted by molar-refractivity contribution is -0.385. The molecule has 0 fully saturated rings. The van der Waals surface area contributed by atoms with Crippen LogP contribution in [0.15, 0.2) is 18.2 Å². The third-order valence-electron chi connectivity index (χ3n) is 2.47. The van der Waals surface area contributed by atoms with E-state index in [1.807, 2.05) is 0 Å². The number of amides is 1. The van der Waals surface area contributed by atoms with Gasteiger partial charge in [-0.25, -0.2) is 0 Å². The summed E-state index contributed by atoms with van der Waals surface area (Å²) in [6, 6.07) is 3.93. The Kier molecular flexibility index (Phi) is 5.65. The first-order chi connectivity index (χ1) is 9.70. The van der Waals surface area contributed by atoms with Gasteiger partial charge in [-0.3, -0.25) is 14.9 Å². The van der Waals surface area contributed by atoms with Crippen LogP contribution in [0.3, 0.4) is 0 Å². The second-order valence-electron chi connectivity index (χ2n) is 4.18. The van der Waals surface area contributed by atoms with Gasteiger partial charge in [0.15, 0.2) is 0 Å². The summed E-state index contributed by atoms with van der Waals surface area (Å²) < 4.78 is 39.7. The van der Waals surface area contributed by atoms with Crippen molar-refractivity contribution in [2.75, 3.05) is 19.8 Å². The molecule has 1 aromatic rings. The maximum atomic E-state index is 11.8. The average Bonchev–Trinajstić information content (AvgIpc) is 2.36. The Hall–Kier alpha value is -2.16. The zero-order valence-electron chi connectivity index (χ0n) is 11.1. The summed E-state index contributed by atoms with van der Waals surface area (Å²) in [5.41, 5.74) is 0.268. The number of hydrogen-bond donors (Lipinski definition) is 1. The minimum absolute atomic E-state index is 0.0584. The summed E-state index contributed by atoms with van der Waals surface area (Å²) in [5.74, 6) is -0.617. The van der Waals surface area contributed by atoms with Crippen LogP contribution in [0.1, 0.15) is 15.9 Å². The minimum atomic E-state index is -4.42. The number of alkyl halides is 3. The molecular formula is C12H13F3N2O4. The van der Waals surface area contributed by atoms with Crippen molar-refractivity contribution < 1.29 is 27.6 Å². The highest BCUT2D eigenvalue weighted by molar-refractivity contribution is 5.94. The number of halogens is 3. The first-order valence-electron chi connectivity index (χ1n) is 5.88. The topological polar surface area (TPSA) is 81.5 Å². The number of nitrogens with zero attached hydrogens (tertiary/aromatic N) is 1. The highest BCUT2D eigenvalue weighted by Gasteiger charge is 2.27. The molecule has 116 valence electrons. The number of benzene rings is 1. The van der Waals surface area contributed by atoms with Gasteiger partial charge in [0.05, 0.1) is 11.5 Å². The normalized spacial score (nSPS) is 11.2. The number of rotatable bonds is 6. The highest BCUT2D eigenvalue weighted by Crippen LogP contribution is 2.19. The Morgan fingerprint density at radius 1 is 1.43 bits per heavy atom. The molecule has 0 aliphatic rings. The first kappa shape index (κ1) is 16.9. The van der Waals surface area contributed by atoms with Crippen molar-refractivity contribution in [1.82, 2.24) is 5.32 Å². The fourth-order valence-electron chi connectivity index (χ4n) is 1.47. The van der Waals surface area contributed by atoms with E-state index in [0.29, 0.717) is 5.56 Å². The van der Waals surface area contributed by atoms with Gasteiger partial charge in [-0.2, -0.15) is 13.2 Å². The Labute approximate surface area is 118 Å². The quantitative estimate of drug-likeness (QED) is 0.496. The second kappa shape index (κ2) is 7.02. The average molecular weight is 306 g/mol. The predicted molar refractivity (Wildman–Crippen MR) is 67.0 cm³/mol. The molecule has 1 N–H and O–H groups in total. The Bertz CT molecular complexity index is 532. The summed E-state index contributed by atoms with van der Waals surface area (Å²) in [7, 11) is 0. The lowest BCUT2D eigenvalue weighted by Gasteiger charge is -2.08. The van der Waals surface area contributed by atoms with Crippen molar-refractivity contribution in [1.29, 1.82) is 0 Å². The third kappa shape index (κ3) is 5.78. The van der Waals surface area contributed by atoms with Gasteiger partial charge >= 0.3 is 6.18 Å². The van der Waals surface area contributed by atoms with E-state index in [1.54, 1.807) is 0 Å². The minimum Gasteiger partial charge on any atom is -0.370 e. The van der Waals surface area contributed by atoms with E-state index in [9.17, 15) is 28.1 Å². The van der Waals surface area contributed by atoms with E-state index in [-0.39, 0.29) is 24.4 Å². The fraction of sp³-hybridized carbons (Fsp3) is 0.417. The van der Waals surface area contributed by atoms with Gasteiger partial charge < -0.3 is 10.1 Å². The Morgan fingerprint density at radius 3 is 2.67 bits per heavy atom. The fourth-order valence-corrected chi connectivity index (χ4v) is 1.47. The van der Waals surface area contributed by atoms with Crippen LogP contribution in [0.25, 0.3) is 0 Å². The largest absolute Gasteiger partial charge is 0.411 e. The Morgan fingerprint density at radius 2 is 2.10 bits per heavy atom. The molecule has 0 aliphatic heterocycles. The SMILES string of the molecule is Cc1ccc(C(=O)NCCOCC(F)(F)F)cc1[N+](=O)[O-]. The molecule has 0 aliphatic carbocycles. The standard InChI is InChI=1S/C12H13F3N2O4/c1-8-2-3-9(6-10(8)17(19)20)11(18)16-4-5-21-7-12(13,14)15/h2-3,6H,4-5,7H2,1H3,(H,16,18). The summed E-state index contributed by atoms with van der Waals surface area (Å²) in [6.07, 6.45) is -4.42. The van der Waals surface area contributed by atoms with E-state index in [2.05, 4.69) is 10.1 Å². The summed E-state index contributed by atoms with van der Waals surface area (Å²) in [5, 5.41) is 13.1. The van der Waals surface area contributed by atoms with Crippen molar-refractivity contribution in [3.05, 3.63) is 39.4 Å². The molecule has 0 radical (unpaired) electrons. The van der Waals surface area contributed by atoms with E-state index in [1.165, 1.54) is 19.1 Å². The van der Waals surface area contributed by atoms with Gasteiger partial charge in [-0.1, -0.05) is 6.07 Å². The monoisotopic (exact) mass is 306 g/mol. The third-order valence-corrected chi connectivity index (χ3v) is 2.47. The van der Waals surface area contributed by atoms with Crippen LogP contribution in [-0.4, -0.2) is 36.8 Å². The van der Waals surface area contributed by atoms with Crippen molar-refractivity contribution in [2.45, 2.75) is 13.1 Å². The number of carbonyl (C=O) groups is 1. The molecule has 6 nitrogen and oxygen atoms in total. The molecule has 1 aromatic carbocycles. The van der Waals surface area contributed by atoms with Gasteiger partial charge in [0.1, 0.15) is 6.61 Å². The van der Waals surface area contributed by atoms with Crippen LogP contribution in [0.5, 0.6) is 0 Å². The molecule has 0 bridgehead atoms. The highest BCUT2D eigenvalue weighted by atomic mass is 19.4. The molecular weight excluding hydrogens is 293 g/mol. The van der Waals surface area contributed by atoms with Crippen LogP contribution < -0.4 is 5.32 Å². The van der Waals surface area contributed by atoms with E-state index >= 15 is 0 Å². The number of hydrogen-bond acceptors (Lipinski definition) is 4. The van der Waals surface area contributed by atoms with Crippen molar-refractivity contribution >= 4 is 11.6 Å². The number of nitrogens with one attached hydrogen (secondary N) is 1. The van der Waals surface area contributed by atoms with Crippen molar-refractivity contribution in [3.63, 3.8) is 0 Å². The van der Waals surface area contributed by atoms with Gasteiger partial charge in [-0.15, -0.1) is 0 Å². The second-order valence-corrected chi connectivity index (χ2v) is 4.18. The van der Waals surface area contributed by atoms with Crippen molar-refractivity contribution in [2.24, 2.45) is 0 Å². The van der Waals surface area contributed by atoms with Crippen molar-refractivity contribution in [3.8, 4) is 0 Å². The molecule has 1 amide bonds. The molecule has 0 aromatic heterocycles. The predicted octanol–water partition coefficient (Wildman–Crippen LogP) is 2.21. The molecule has 9 heteroatoms. The molecule has 21 heavy (non-hydrogen) atoms. The smallest absolute Gasteiger partial charge is 0.370 e. The van der Waals surface area contributed by atoms with E-state index in [0.717, 1.165) is 6.07 Å². The van der Waals surface area contributed by atoms with Crippen LogP contribution >= 0.6 is 0 Å². The van der Waals surface area contributed by atoms with Crippen LogP contribution in [0.2, 0.25) is 0 Å². The van der Waals surface area contributed by atoms with E-state index in [4.69, 9.17) is 0 Å². The Balaban J connectivity index is 2.49. The maximum Gasteiger partial charge on any atom is 0.411 e. The van der Waals surface area contributed by atoms with Gasteiger partial charge in [0, 0.05) is 23.7 Å². The molecule has 0 unspecified atom stereocenters. The number of aryl methyl sites for hydroxylation is 1. The molecule has 0 heterocycles. The van der Waals surface area contributed by atoms with Crippen LogP contribution in [-0.2, 0) is 4.74 Å². The first-order valence-corrected chi connectivity index (χ1v) is 5.88. The molecule has 0 saturated heterocycles. The number of ether oxygens (including phenoxy) is 1. The van der Waals surface area contributed by atoms with Gasteiger partial charge in [0.2, 0.25) is 0 Å². The number of carbonyl (C=O) groups excluding carboxylic acids is 1. The molecule has 0 spiro atoms. The van der Waals surface area contributed by atoms with Crippen LogP contribution in [0.4, 0.5) is 18.9 Å². The summed E-state index contributed by atoms with van der Waals surface area (Å²) in [4.78, 5) is 21.8. The zero-order chi connectivity index (χ0) is 16.0. The number of nitro benzene ring substituents is 1. The summed E-state index contributed by atoms with van der Waals surface area (Å²) in [6.45, 7) is -0.292. The molecule has 0 saturated carbocycles. The van der Waals surface area contributed by atoms with Crippen LogP contribution in [0, 0.1) is 17.0 Å². The number of nitro groups is 1. The lowest BCUT2D eigenvalue weighted by atomic mass is 10.1. The maximum absolute atomic E-state index is 11.8. The van der Waals surface area contributed by atoms with Gasteiger partial charge in [0.25, 0.3) is 11.6 Å². The molecule has 0 atom stereocenters. The van der Waals surface area contributed by atoms with E-state index < -0.39 is 23.6 Å². The lowest BCUT2D eigenvalue weighted by Crippen LogP contribution is -2.28.